The molecule has 0 saturated carbocycles. The van der Waals surface area contributed by atoms with Gasteiger partial charge in [-0.3, -0.25) is 4.68 Å². The van der Waals surface area contributed by atoms with Gasteiger partial charge in [0.1, 0.15) is 28.9 Å². The maximum atomic E-state index is 14.8. The lowest BCUT2D eigenvalue weighted by Gasteiger charge is -2.36. The van der Waals surface area contributed by atoms with Crippen LogP contribution < -0.4 is 4.90 Å². The molecule has 1 aliphatic heterocycles. The van der Waals surface area contributed by atoms with E-state index in [1.807, 2.05) is 18.7 Å². The average molecular weight is 481 g/mol. The summed E-state index contributed by atoms with van der Waals surface area (Å²) in [6.45, 7) is 6.36. The minimum atomic E-state index is -1.65. The van der Waals surface area contributed by atoms with Crippen molar-refractivity contribution in [3.63, 3.8) is 0 Å². The first-order chi connectivity index (χ1) is 17.0. The van der Waals surface area contributed by atoms with E-state index in [1.165, 1.54) is 16.8 Å². The Morgan fingerprint density at radius 3 is 2.47 bits per heavy atom. The summed E-state index contributed by atoms with van der Waals surface area (Å²) in [5.74, 6) is -1.12. The first-order valence-corrected chi connectivity index (χ1v) is 11.3. The number of ether oxygens (including phenoxy) is 1. The van der Waals surface area contributed by atoms with Crippen molar-refractivity contribution < 1.29 is 13.5 Å². The number of fused-ring (bicyclic) bond motifs is 1. The van der Waals surface area contributed by atoms with Gasteiger partial charge in [0.15, 0.2) is 5.65 Å². The average Bonchev–Trinajstić information content (AvgIpc) is 3.30. The van der Waals surface area contributed by atoms with Crippen molar-refractivity contribution in [1.82, 2.24) is 29.7 Å². The lowest BCUT2D eigenvalue weighted by molar-refractivity contribution is -0.0178. The molecular weight excluding hydrogens is 461 g/mol. The van der Waals surface area contributed by atoms with Crippen LogP contribution in [0.2, 0.25) is 0 Å². The summed E-state index contributed by atoms with van der Waals surface area (Å²) in [7, 11) is 17.2. The van der Waals surface area contributed by atoms with Crippen LogP contribution in [0.1, 0.15) is 30.0 Å². The minimum Gasteiger partial charge on any atom is -0.367 e. The van der Waals surface area contributed by atoms with Gasteiger partial charge in [0, 0.05) is 29.9 Å². The van der Waals surface area contributed by atoms with Gasteiger partial charge in [-0.1, -0.05) is 0 Å². The summed E-state index contributed by atoms with van der Waals surface area (Å²) in [5.41, 5.74) is 3.04. The van der Waals surface area contributed by atoms with Gasteiger partial charge >= 0.3 is 0 Å². The first-order valence-electron chi connectivity index (χ1n) is 11.3. The topological polar surface area (TPSA) is 81.9 Å². The largest absolute Gasteiger partial charge is 0.367 e. The fourth-order valence-electron chi connectivity index (χ4n) is 4.13. The zero-order chi connectivity index (χ0) is 25.8. The van der Waals surface area contributed by atoms with E-state index in [9.17, 15) is 8.78 Å². The Hall–Kier alpha value is -3.34. The molecule has 1 aliphatic rings. The highest BCUT2D eigenvalue weighted by Gasteiger charge is 2.31. The zero-order valence-electron chi connectivity index (χ0n) is 20.0. The SMILES string of the molecule is [B]C([B])([B])n1cc(C2CN(c3nc(-c4ccc(F)cc4F)c4nc(C)c(C)nc4n3)CC(C)O2)cn1. The number of morpholine rings is 1. The highest BCUT2D eigenvalue weighted by Crippen LogP contribution is 2.32. The Balaban J connectivity index is 1.59. The molecule has 0 spiro atoms. The van der Waals surface area contributed by atoms with Crippen LogP contribution in [-0.2, 0) is 9.97 Å². The molecule has 4 heterocycles. The molecule has 2 atom stereocenters. The third kappa shape index (κ3) is 4.59. The molecule has 4 aromatic rings. The quantitative estimate of drug-likeness (QED) is 0.414. The number of halogens is 2. The summed E-state index contributed by atoms with van der Waals surface area (Å²) in [6, 6.07) is 3.33. The van der Waals surface area contributed by atoms with E-state index >= 15 is 0 Å². The molecule has 3 aromatic heterocycles. The number of hydrogen-bond acceptors (Lipinski definition) is 7. The molecular formula is C23H20B3F2N7O. The number of nitrogens with zero attached hydrogens (tertiary/aromatic N) is 7. The lowest BCUT2D eigenvalue weighted by atomic mass is 9.49. The Labute approximate surface area is 210 Å². The van der Waals surface area contributed by atoms with Crippen molar-refractivity contribution in [3.05, 3.63) is 59.2 Å². The first kappa shape index (κ1) is 24.4. The molecule has 0 aliphatic carbocycles. The molecule has 1 aromatic carbocycles. The number of aryl methyl sites for hydroxylation is 2. The fourth-order valence-corrected chi connectivity index (χ4v) is 4.13. The third-order valence-corrected chi connectivity index (χ3v) is 6.03. The summed E-state index contributed by atoms with van der Waals surface area (Å²) in [6.07, 6.45) is 2.59. The molecule has 13 heteroatoms. The van der Waals surface area contributed by atoms with Gasteiger partial charge in [-0.2, -0.15) is 10.1 Å². The zero-order valence-corrected chi connectivity index (χ0v) is 20.0. The van der Waals surface area contributed by atoms with E-state index < -0.39 is 23.0 Å². The highest BCUT2D eigenvalue weighted by molar-refractivity contribution is 6.56. The predicted molar refractivity (Wildman–Crippen MR) is 133 cm³/mol. The number of hydrogen-bond donors (Lipinski definition) is 0. The van der Waals surface area contributed by atoms with Gasteiger partial charge in [0.05, 0.1) is 53.8 Å². The monoisotopic (exact) mass is 481 g/mol. The molecule has 0 N–H and O–H groups in total. The summed E-state index contributed by atoms with van der Waals surface area (Å²) < 4.78 is 35.8. The molecule has 2 unspecified atom stereocenters. The number of aromatic nitrogens is 6. The number of benzene rings is 1. The van der Waals surface area contributed by atoms with Crippen LogP contribution in [0.3, 0.4) is 0 Å². The fraction of sp³-hybridized carbons (Fsp3) is 0.348. The Bertz CT molecular complexity index is 1460. The Morgan fingerprint density at radius 1 is 1.03 bits per heavy atom. The van der Waals surface area contributed by atoms with Crippen molar-refractivity contribution in [2.45, 2.75) is 38.2 Å². The third-order valence-electron chi connectivity index (χ3n) is 6.03. The normalized spacial score (nSPS) is 18.6. The standard InChI is InChI=1S/C23H20B3F2N7O/c1-11-8-34(10-18(36-11)14-7-29-35(9-14)23(24,25)26)22-32-19(16-5-4-15(27)6-17(16)28)20-21(33-22)31-13(3)12(2)30-20/h4-7,9,11,18H,8,10H2,1-3H3. The summed E-state index contributed by atoms with van der Waals surface area (Å²) >= 11 is 0. The summed E-state index contributed by atoms with van der Waals surface area (Å²) in [4.78, 5) is 20.4. The van der Waals surface area contributed by atoms with Crippen LogP contribution in [0.5, 0.6) is 0 Å². The molecule has 6 radical (unpaired) electrons. The van der Waals surface area contributed by atoms with E-state index in [1.54, 1.807) is 19.3 Å². The van der Waals surface area contributed by atoms with Crippen molar-refractivity contribution in [2.75, 3.05) is 18.0 Å². The second-order valence-corrected chi connectivity index (χ2v) is 9.01. The van der Waals surface area contributed by atoms with Crippen molar-refractivity contribution >= 4 is 40.7 Å². The maximum absolute atomic E-state index is 14.8. The van der Waals surface area contributed by atoms with Gasteiger partial charge in [-0.15, -0.1) is 0 Å². The molecule has 1 fully saturated rings. The van der Waals surface area contributed by atoms with Crippen molar-refractivity contribution in [2.24, 2.45) is 0 Å². The number of anilines is 1. The van der Waals surface area contributed by atoms with E-state index in [4.69, 9.17) is 28.3 Å². The second kappa shape index (κ2) is 8.95. The summed E-state index contributed by atoms with van der Waals surface area (Å²) in [5, 5.41) is 2.49. The van der Waals surface area contributed by atoms with Crippen LogP contribution in [0.25, 0.3) is 22.4 Å². The van der Waals surface area contributed by atoms with Gasteiger partial charge in [0.2, 0.25) is 5.95 Å². The highest BCUT2D eigenvalue weighted by atomic mass is 19.1. The maximum Gasteiger partial charge on any atom is 0.228 e. The van der Waals surface area contributed by atoms with E-state index in [0.29, 0.717) is 47.2 Å². The smallest absolute Gasteiger partial charge is 0.228 e. The second-order valence-electron chi connectivity index (χ2n) is 9.01. The van der Waals surface area contributed by atoms with Gasteiger partial charge in [0.25, 0.3) is 0 Å². The van der Waals surface area contributed by atoms with Crippen molar-refractivity contribution in [1.29, 1.82) is 0 Å². The molecule has 8 nitrogen and oxygen atoms in total. The Kier molecular flexibility index (Phi) is 6.06. The van der Waals surface area contributed by atoms with Gasteiger partial charge in [-0.05, 0) is 38.1 Å². The van der Waals surface area contributed by atoms with Crippen LogP contribution in [-0.4, -0.2) is 72.4 Å². The number of rotatable bonds is 4. The van der Waals surface area contributed by atoms with E-state index in [2.05, 4.69) is 25.0 Å². The molecule has 5 rings (SSSR count). The van der Waals surface area contributed by atoms with Crippen molar-refractivity contribution in [3.8, 4) is 11.3 Å². The molecule has 36 heavy (non-hydrogen) atoms. The minimum absolute atomic E-state index is 0.104. The van der Waals surface area contributed by atoms with Gasteiger partial charge in [-0.25, -0.2) is 23.7 Å². The molecule has 176 valence electrons. The molecule has 1 saturated heterocycles. The Morgan fingerprint density at radius 2 is 1.78 bits per heavy atom. The molecule has 0 amide bonds. The van der Waals surface area contributed by atoms with Crippen LogP contribution in [0.15, 0.2) is 30.6 Å². The van der Waals surface area contributed by atoms with Crippen LogP contribution >= 0.6 is 0 Å². The molecule has 0 bridgehead atoms. The van der Waals surface area contributed by atoms with Gasteiger partial charge < -0.3 is 9.64 Å². The predicted octanol–water partition coefficient (Wildman–Crippen LogP) is 2.22. The van der Waals surface area contributed by atoms with Crippen LogP contribution in [0, 0.1) is 25.5 Å². The van der Waals surface area contributed by atoms with E-state index in [0.717, 1.165) is 6.07 Å². The van der Waals surface area contributed by atoms with E-state index in [-0.39, 0.29) is 17.4 Å². The van der Waals surface area contributed by atoms with Crippen LogP contribution in [0.4, 0.5) is 14.7 Å². The lowest BCUT2D eigenvalue weighted by Crippen LogP contribution is -2.43.